The minimum atomic E-state index is -4.71. The largest absolute Gasteiger partial charge is 0.573 e. The van der Waals surface area contributed by atoms with E-state index in [1.54, 1.807) is 18.5 Å². The van der Waals surface area contributed by atoms with Gasteiger partial charge in [-0.15, -0.1) is 25.6 Å². The van der Waals surface area contributed by atoms with Gasteiger partial charge in [-0.1, -0.05) is 18.2 Å². The third kappa shape index (κ3) is 6.96. The lowest BCUT2D eigenvalue weighted by Crippen LogP contribution is -2.18. The van der Waals surface area contributed by atoms with Gasteiger partial charge in [0, 0.05) is 31.4 Å². The fraction of sp³-hybridized carbons (Fsp3) is 0.350. The van der Waals surface area contributed by atoms with Crippen LogP contribution in [0.4, 0.5) is 24.5 Å². The fourth-order valence-electron chi connectivity index (χ4n) is 2.44. The zero-order valence-electron chi connectivity index (χ0n) is 16.3. The minimum Gasteiger partial charge on any atom is -0.405 e. The topological polar surface area (TPSA) is 36.9 Å². The maximum Gasteiger partial charge on any atom is 0.573 e. The summed E-state index contributed by atoms with van der Waals surface area (Å²) in [4.78, 5) is 6.45. The van der Waals surface area contributed by atoms with E-state index < -0.39 is 6.36 Å². The van der Waals surface area contributed by atoms with Gasteiger partial charge < -0.3 is 15.0 Å². The molecule has 0 aliphatic rings. The summed E-state index contributed by atoms with van der Waals surface area (Å²) in [5, 5.41) is 3.19. The zero-order valence-corrected chi connectivity index (χ0v) is 17.1. The molecule has 0 radical (unpaired) electrons. The van der Waals surface area contributed by atoms with E-state index in [1.165, 1.54) is 12.1 Å². The van der Waals surface area contributed by atoms with Crippen molar-refractivity contribution in [1.82, 2.24) is 4.90 Å². The van der Waals surface area contributed by atoms with Crippen LogP contribution in [0.2, 0.25) is 0 Å². The maximum atomic E-state index is 12.5. The fourth-order valence-corrected chi connectivity index (χ4v) is 2.44. The van der Waals surface area contributed by atoms with Gasteiger partial charge in [0.2, 0.25) is 0 Å². The van der Waals surface area contributed by atoms with Crippen LogP contribution in [0.25, 0.3) is 0 Å². The molecule has 8 heteroatoms. The molecule has 2 aromatic rings. The highest BCUT2D eigenvalue weighted by atomic mass is 35.5. The Morgan fingerprint density at radius 1 is 1.14 bits per heavy atom. The number of rotatable bonds is 7. The average Bonchev–Trinajstić information content (AvgIpc) is 2.60. The van der Waals surface area contributed by atoms with Crippen LogP contribution in [0, 0.1) is 13.8 Å². The number of aliphatic imine (C=N–C) groups is 1. The average molecular weight is 416 g/mol. The number of hydrogen-bond acceptors (Lipinski definition) is 3. The molecule has 2 rings (SSSR count). The molecule has 0 fully saturated rings. The molecule has 0 saturated carbocycles. The number of para-hydroxylation sites is 1. The molecular formula is C20H25ClF3N3O. The number of ether oxygens (including phenoxy) is 1. The standard InChI is InChI=1S/C20H24F3N3O.ClH/c1-5-26(4)13-25-18-11-14(2)17(10-15(18)3)24-12-16-8-6-7-9-19(16)27-20(21,22)23;/h6-11,13,24H,5,12H2,1-4H3;1H/b25-13-;. The van der Waals surface area contributed by atoms with Crippen molar-refractivity contribution in [3.63, 3.8) is 0 Å². The van der Waals surface area contributed by atoms with E-state index >= 15 is 0 Å². The first-order valence-electron chi connectivity index (χ1n) is 8.62. The molecule has 0 atom stereocenters. The smallest absolute Gasteiger partial charge is 0.405 e. The molecule has 0 aliphatic carbocycles. The Balaban J connectivity index is 0.00000392. The number of anilines is 1. The molecule has 0 aromatic heterocycles. The van der Waals surface area contributed by atoms with Crippen molar-refractivity contribution in [1.29, 1.82) is 0 Å². The van der Waals surface area contributed by atoms with E-state index in [2.05, 4.69) is 15.0 Å². The van der Waals surface area contributed by atoms with E-state index in [9.17, 15) is 13.2 Å². The second-order valence-electron chi connectivity index (χ2n) is 6.28. The SMILES string of the molecule is CCN(C)/C=N\c1cc(C)c(NCc2ccccc2OC(F)(F)F)cc1C.Cl. The second-order valence-corrected chi connectivity index (χ2v) is 6.28. The highest BCUT2D eigenvalue weighted by molar-refractivity contribution is 5.85. The third-order valence-electron chi connectivity index (χ3n) is 4.10. The van der Waals surface area contributed by atoms with Crippen molar-refractivity contribution in [2.24, 2.45) is 4.99 Å². The summed E-state index contributed by atoms with van der Waals surface area (Å²) >= 11 is 0. The van der Waals surface area contributed by atoms with Gasteiger partial charge >= 0.3 is 6.36 Å². The lowest BCUT2D eigenvalue weighted by atomic mass is 10.1. The Labute approximate surface area is 169 Å². The van der Waals surface area contributed by atoms with Gasteiger partial charge in [-0.05, 0) is 50.1 Å². The van der Waals surface area contributed by atoms with Gasteiger partial charge in [-0.2, -0.15) is 0 Å². The lowest BCUT2D eigenvalue weighted by molar-refractivity contribution is -0.274. The summed E-state index contributed by atoms with van der Waals surface area (Å²) in [6.45, 7) is 7.00. The Morgan fingerprint density at radius 2 is 1.82 bits per heavy atom. The summed E-state index contributed by atoms with van der Waals surface area (Å²) in [7, 11) is 1.95. The monoisotopic (exact) mass is 415 g/mol. The van der Waals surface area contributed by atoms with Crippen LogP contribution < -0.4 is 10.1 Å². The van der Waals surface area contributed by atoms with Gasteiger partial charge in [0.15, 0.2) is 0 Å². The van der Waals surface area contributed by atoms with Crippen molar-refractivity contribution in [3.05, 3.63) is 53.1 Å². The van der Waals surface area contributed by atoms with E-state index in [-0.39, 0.29) is 24.7 Å². The van der Waals surface area contributed by atoms with E-state index in [4.69, 9.17) is 0 Å². The predicted molar refractivity (Wildman–Crippen MR) is 110 cm³/mol. The quantitative estimate of drug-likeness (QED) is 0.455. The Bertz CT molecular complexity index is 810. The van der Waals surface area contributed by atoms with Crippen LogP contribution in [0.3, 0.4) is 0 Å². The maximum absolute atomic E-state index is 12.5. The van der Waals surface area contributed by atoms with Crippen LogP contribution in [-0.2, 0) is 6.54 Å². The van der Waals surface area contributed by atoms with Gasteiger partial charge in [0.1, 0.15) is 5.75 Å². The molecule has 0 aliphatic heterocycles. The zero-order chi connectivity index (χ0) is 20.0. The number of halogens is 4. The molecule has 0 saturated heterocycles. The lowest BCUT2D eigenvalue weighted by Gasteiger charge is -2.16. The van der Waals surface area contributed by atoms with Crippen LogP contribution in [-0.4, -0.2) is 31.2 Å². The van der Waals surface area contributed by atoms with E-state index in [0.29, 0.717) is 5.56 Å². The van der Waals surface area contributed by atoms with Crippen LogP contribution in [0.5, 0.6) is 5.75 Å². The Hall–Kier alpha value is -2.41. The van der Waals surface area contributed by atoms with Crippen molar-refractivity contribution in [2.45, 2.75) is 33.7 Å². The third-order valence-corrected chi connectivity index (χ3v) is 4.10. The van der Waals surface area contributed by atoms with Crippen LogP contribution >= 0.6 is 12.4 Å². The Kier molecular flexibility index (Phi) is 8.63. The van der Waals surface area contributed by atoms with Gasteiger partial charge in [-0.3, -0.25) is 0 Å². The van der Waals surface area contributed by atoms with Gasteiger partial charge in [0.05, 0.1) is 12.0 Å². The molecule has 0 heterocycles. The van der Waals surface area contributed by atoms with E-state index in [0.717, 1.165) is 29.0 Å². The summed E-state index contributed by atoms with van der Waals surface area (Å²) in [6, 6.07) is 10.0. The highest BCUT2D eigenvalue weighted by Crippen LogP contribution is 2.29. The molecular weight excluding hydrogens is 391 g/mol. The Morgan fingerprint density at radius 3 is 2.46 bits per heavy atom. The van der Waals surface area contributed by atoms with Crippen molar-refractivity contribution in [2.75, 3.05) is 18.9 Å². The first kappa shape index (κ1) is 23.6. The number of aryl methyl sites for hydroxylation is 2. The summed E-state index contributed by atoms with van der Waals surface area (Å²) in [6.07, 6.45) is -2.94. The number of nitrogens with one attached hydrogen (secondary N) is 1. The molecule has 0 spiro atoms. The molecule has 0 unspecified atom stereocenters. The van der Waals surface area contributed by atoms with Crippen molar-refractivity contribution < 1.29 is 17.9 Å². The normalized spacial score (nSPS) is 11.2. The summed E-state index contributed by atoms with van der Waals surface area (Å²) in [5.41, 5.74) is 4.07. The van der Waals surface area contributed by atoms with Gasteiger partial charge in [-0.25, -0.2) is 4.99 Å². The molecule has 2 aromatic carbocycles. The number of benzene rings is 2. The molecule has 0 amide bonds. The highest BCUT2D eigenvalue weighted by Gasteiger charge is 2.31. The molecule has 28 heavy (non-hydrogen) atoms. The van der Waals surface area contributed by atoms with Crippen LogP contribution in [0.1, 0.15) is 23.6 Å². The number of alkyl halides is 3. The summed E-state index contributed by atoms with van der Waals surface area (Å²) < 4.78 is 41.7. The van der Waals surface area contributed by atoms with E-state index in [1.807, 2.05) is 44.9 Å². The predicted octanol–water partition coefficient (Wildman–Crippen LogP) is 5.85. The van der Waals surface area contributed by atoms with Gasteiger partial charge in [0.25, 0.3) is 0 Å². The van der Waals surface area contributed by atoms with Crippen molar-refractivity contribution in [3.8, 4) is 5.75 Å². The van der Waals surface area contributed by atoms with Crippen LogP contribution in [0.15, 0.2) is 41.4 Å². The summed E-state index contributed by atoms with van der Waals surface area (Å²) in [5.74, 6) is -0.198. The second kappa shape index (κ2) is 10.2. The first-order chi connectivity index (χ1) is 12.7. The molecule has 154 valence electrons. The number of hydrogen-bond donors (Lipinski definition) is 1. The minimum absolute atomic E-state index is 0. The first-order valence-corrected chi connectivity index (χ1v) is 8.62. The molecule has 4 nitrogen and oxygen atoms in total. The molecule has 0 bridgehead atoms. The van der Waals surface area contributed by atoms with Crippen molar-refractivity contribution >= 4 is 30.1 Å². The molecule has 1 N–H and O–H groups in total. The number of nitrogens with zero attached hydrogens (tertiary/aromatic N) is 2.